The Balaban J connectivity index is 2.30. The minimum atomic E-state index is -0.241. The first-order valence-corrected chi connectivity index (χ1v) is 7.79. The van der Waals surface area contributed by atoms with Crippen LogP contribution in [-0.2, 0) is 6.54 Å². The highest BCUT2D eigenvalue weighted by molar-refractivity contribution is 9.10. The van der Waals surface area contributed by atoms with Crippen LogP contribution in [0, 0.1) is 0 Å². The molecule has 0 fully saturated rings. The summed E-state index contributed by atoms with van der Waals surface area (Å²) in [6, 6.07) is 17.6. The molecular formula is C18H20BrNO. The third-order valence-corrected chi connectivity index (χ3v) is 3.80. The van der Waals surface area contributed by atoms with Crippen LogP contribution >= 0.6 is 15.9 Å². The van der Waals surface area contributed by atoms with Crippen LogP contribution in [0.4, 0.5) is 0 Å². The summed E-state index contributed by atoms with van der Waals surface area (Å²) >= 11 is 3.43. The lowest BCUT2D eigenvalue weighted by molar-refractivity contribution is 0.0559. The van der Waals surface area contributed by atoms with Crippen LogP contribution in [0.15, 0.2) is 59.1 Å². The first-order chi connectivity index (χ1) is 9.88. The van der Waals surface area contributed by atoms with Gasteiger partial charge in [-0.1, -0.05) is 52.3 Å². The number of hydrogen-bond acceptors (Lipinski definition) is 1. The molecule has 0 heterocycles. The largest absolute Gasteiger partial charge is 0.329 e. The van der Waals surface area contributed by atoms with E-state index in [0.29, 0.717) is 12.1 Å². The smallest absolute Gasteiger partial charge is 0.254 e. The highest BCUT2D eigenvalue weighted by atomic mass is 79.9. The average Bonchev–Trinajstić information content (AvgIpc) is 2.44. The molecule has 110 valence electrons. The summed E-state index contributed by atoms with van der Waals surface area (Å²) in [7, 11) is 0. The van der Waals surface area contributed by atoms with E-state index in [4.69, 9.17) is 0 Å². The van der Waals surface area contributed by atoms with Crippen molar-refractivity contribution in [3.8, 4) is 0 Å². The Morgan fingerprint density at radius 1 is 1.05 bits per heavy atom. The molecule has 2 rings (SSSR count). The molecule has 0 aliphatic rings. The van der Waals surface area contributed by atoms with Gasteiger partial charge in [0.15, 0.2) is 0 Å². The Morgan fingerprint density at radius 2 is 1.71 bits per heavy atom. The van der Waals surface area contributed by atoms with Gasteiger partial charge in [0.05, 0.1) is 0 Å². The molecule has 0 bridgehead atoms. The molecule has 0 N–H and O–H groups in total. The molecular weight excluding hydrogens is 326 g/mol. The Kier molecular flexibility index (Phi) is 4.84. The highest BCUT2D eigenvalue weighted by Crippen LogP contribution is 2.22. The SMILES string of the molecule is CC(C)(C)N(Cc1ccccc1)C(=O)c1cccc(Br)c1. The van der Waals surface area contributed by atoms with Crippen LogP contribution in [0.1, 0.15) is 36.7 Å². The van der Waals surface area contributed by atoms with Crippen LogP contribution in [0.25, 0.3) is 0 Å². The van der Waals surface area contributed by atoms with Crippen molar-refractivity contribution in [1.82, 2.24) is 4.90 Å². The molecule has 0 aromatic heterocycles. The van der Waals surface area contributed by atoms with Crippen molar-refractivity contribution in [2.75, 3.05) is 0 Å². The number of halogens is 1. The lowest BCUT2D eigenvalue weighted by atomic mass is 10.0. The zero-order valence-electron chi connectivity index (χ0n) is 12.6. The van der Waals surface area contributed by atoms with E-state index in [1.165, 1.54) is 0 Å². The summed E-state index contributed by atoms with van der Waals surface area (Å²) in [5.41, 5.74) is 1.60. The number of carbonyl (C=O) groups excluding carboxylic acids is 1. The Morgan fingerprint density at radius 3 is 2.29 bits per heavy atom. The van der Waals surface area contributed by atoms with Crippen molar-refractivity contribution in [3.63, 3.8) is 0 Å². The normalized spacial score (nSPS) is 11.2. The van der Waals surface area contributed by atoms with Crippen molar-refractivity contribution in [2.45, 2.75) is 32.9 Å². The Bertz CT molecular complexity index is 617. The van der Waals surface area contributed by atoms with Crippen molar-refractivity contribution in [2.24, 2.45) is 0 Å². The summed E-state index contributed by atoms with van der Waals surface area (Å²) in [5, 5.41) is 0. The van der Waals surface area contributed by atoms with Crippen LogP contribution < -0.4 is 0 Å². The van der Waals surface area contributed by atoms with Crippen molar-refractivity contribution >= 4 is 21.8 Å². The molecule has 0 aliphatic heterocycles. The number of amides is 1. The van der Waals surface area contributed by atoms with E-state index < -0.39 is 0 Å². The lowest BCUT2D eigenvalue weighted by Gasteiger charge is -2.36. The Labute approximate surface area is 134 Å². The van der Waals surface area contributed by atoms with E-state index in [-0.39, 0.29) is 11.4 Å². The highest BCUT2D eigenvalue weighted by Gasteiger charge is 2.27. The second-order valence-electron chi connectivity index (χ2n) is 6.06. The molecule has 0 radical (unpaired) electrons. The van der Waals surface area contributed by atoms with Gasteiger partial charge in [0.1, 0.15) is 0 Å². The quantitative estimate of drug-likeness (QED) is 0.775. The van der Waals surface area contributed by atoms with Gasteiger partial charge in [-0.15, -0.1) is 0 Å². The molecule has 0 saturated carbocycles. The number of rotatable bonds is 3. The second kappa shape index (κ2) is 6.44. The van der Waals surface area contributed by atoms with Crippen LogP contribution in [0.3, 0.4) is 0 Å². The minimum Gasteiger partial charge on any atom is -0.329 e. The van der Waals surface area contributed by atoms with Gasteiger partial charge < -0.3 is 4.90 Å². The van der Waals surface area contributed by atoms with Crippen LogP contribution in [0.2, 0.25) is 0 Å². The molecule has 2 nitrogen and oxygen atoms in total. The maximum Gasteiger partial charge on any atom is 0.254 e. The third kappa shape index (κ3) is 4.18. The lowest BCUT2D eigenvalue weighted by Crippen LogP contribution is -2.45. The molecule has 0 saturated heterocycles. The summed E-state index contributed by atoms with van der Waals surface area (Å²) < 4.78 is 0.918. The fourth-order valence-electron chi connectivity index (χ4n) is 2.16. The number of hydrogen-bond donors (Lipinski definition) is 0. The number of benzene rings is 2. The van der Waals surface area contributed by atoms with Gasteiger partial charge in [-0.05, 0) is 44.5 Å². The first kappa shape index (κ1) is 15.8. The van der Waals surface area contributed by atoms with Gasteiger partial charge in [-0.3, -0.25) is 4.79 Å². The van der Waals surface area contributed by atoms with Gasteiger partial charge in [-0.25, -0.2) is 0 Å². The molecule has 3 heteroatoms. The van der Waals surface area contributed by atoms with Crippen LogP contribution in [0.5, 0.6) is 0 Å². The predicted octanol–water partition coefficient (Wildman–Crippen LogP) is 4.89. The first-order valence-electron chi connectivity index (χ1n) is 6.99. The zero-order valence-corrected chi connectivity index (χ0v) is 14.2. The van der Waals surface area contributed by atoms with Crippen molar-refractivity contribution in [3.05, 3.63) is 70.2 Å². The topological polar surface area (TPSA) is 20.3 Å². The van der Waals surface area contributed by atoms with Gasteiger partial charge in [0, 0.05) is 22.1 Å². The molecule has 2 aromatic carbocycles. The van der Waals surface area contributed by atoms with Gasteiger partial charge >= 0.3 is 0 Å². The van der Waals surface area contributed by atoms with E-state index in [9.17, 15) is 4.79 Å². The summed E-state index contributed by atoms with van der Waals surface area (Å²) in [4.78, 5) is 14.8. The maximum atomic E-state index is 12.9. The Hall–Kier alpha value is -1.61. The molecule has 1 amide bonds. The van der Waals surface area contributed by atoms with Crippen LogP contribution in [-0.4, -0.2) is 16.3 Å². The van der Waals surface area contributed by atoms with E-state index in [0.717, 1.165) is 10.0 Å². The van der Waals surface area contributed by atoms with E-state index >= 15 is 0 Å². The maximum absolute atomic E-state index is 12.9. The van der Waals surface area contributed by atoms with E-state index in [1.807, 2.05) is 59.5 Å². The average molecular weight is 346 g/mol. The third-order valence-electron chi connectivity index (χ3n) is 3.31. The van der Waals surface area contributed by atoms with E-state index in [1.54, 1.807) is 0 Å². The molecule has 0 atom stereocenters. The van der Waals surface area contributed by atoms with Crippen molar-refractivity contribution in [1.29, 1.82) is 0 Å². The fraction of sp³-hybridized carbons (Fsp3) is 0.278. The van der Waals surface area contributed by atoms with E-state index in [2.05, 4.69) is 36.7 Å². The monoisotopic (exact) mass is 345 g/mol. The molecule has 0 unspecified atom stereocenters. The molecule has 2 aromatic rings. The van der Waals surface area contributed by atoms with Gasteiger partial charge in [-0.2, -0.15) is 0 Å². The van der Waals surface area contributed by atoms with Gasteiger partial charge in [0.25, 0.3) is 5.91 Å². The minimum absolute atomic E-state index is 0.0488. The fourth-order valence-corrected chi connectivity index (χ4v) is 2.56. The number of nitrogens with zero attached hydrogens (tertiary/aromatic N) is 1. The summed E-state index contributed by atoms with van der Waals surface area (Å²) in [5.74, 6) is 0.0488. The standard InChI is InChI=1S/C18H20BrNO/c1-18(2,3)20(13-14-8-5-4-6-9-14)17(21)15-10-7-11-16(19)12-15/h4-12H,13H2,1-3H3. The second-order valence-corrected chi connectivity index (χ2v) is 6.97. The zero-order chi connectivity index (χ0) is 15.5. The molecule has 0 spiro atoms. The summed E-state index contributed by atoms with van der Waals surface area (Å²) in [6.07, 6.45) is 0. The van der Waals surface area contributed by atoms with Gasteiger partial charge in [0.2, 0.25) is 0 Å². The van der Waals surface area contributed by atoms with Crippen molar-refractivity contribution < 1.29 is 4.79 Å². The molecule has 0 aliphatic carbocycles. The molecule has 21 heavy (non-hydrogen) atoms. The predicted molar refractivity (Wildman–Crippen MR) is 90.2 cm³/mol. The number of carbonyl (C=O) groups is 1. The summed E-state index contributed by atoms with van der Waals surface area (Å²) in [6.45, 7) is 6.79.